The molecule has 0 aromatic heterocycles. The molecule has 0 atom stereocenters. The number of hydrogen-bond donors (Lipinski definition) is 0. The summed E-state index contributed by atoms with van der Waals surface area (Å²) >= 11 is 0. The monoisotopic (exact) mass is 412 g/mol. The zero-order valence-electron chi connectivity index (χ0n) is 19.6. The van der Waals surface area contributed by atoms with Crippen molar-refractivity contribution >= 4 is 0 Å². The van der Waals surface area contributed by atoms with Crippen molar-refractivity contribution in [1.82, 2.24) is 0 Å². The van der Waals surface area contributed by atoms with Crippen LogP contribution < -0.4 is 0 Å². The van der Waals surface area contributed by atoms with E-state index in [9.17, 15) is 0 Å². The third-order valence-electron chi connectivity index (χ3n) is 9.95. The van der Waals surface area contributed by atoms with E-state index in [4.69, 9.17) is 4.74 Å². The van der Waals surface area contributed by atoms with Crippen molar-refractivity contribution in [3.63, 3.8) is 0 Å². The molecule has 0 aromatic carbocycles. The van der Waals surface area contributed by atoms with Gasteiger partial charge in [0.25, 0.3) is 0 Å². The predicted molar refractivity (Wildman–Crippen MR) is 128 cm³/mol. The molecule has 1 heteroatoms. The molecule has 170 valence electrons. The smallest absolute Gasteiger partial charge is 0.0648 e. The van der Waals surface area contributed by atoms with Crippen molar-refractivity contribution in [1.29, 1.82) is 0 Å². The van der Waals surface area contributed by atoms with Crippen LogP contribution in [0.5, 0.6) is 0 Å². The quantitative estimate of drug-likeness (QED) is 0.382. The number of ether oxygens (including phenoxy) is 1. The van der Waals surface area contributed by atoms with Gasteiger partial charge < -0.3 is 4.74 Å². The Hall–Kier alpha value is -0.560. The second-order valence-electron chi connectivity index (χ2n) is 11.4. The number of allylic oxidation sites excluding steroid dienone is 1. The summed E-state index contributed by atoms with van der Waals surface area (Å²) in [6, 6.07) is 0. The van der Waals surface area contributed by atoms with Crippen molar-refractivity contribution in [3.05, 3.63) is 25.3 Å². The first kappa shape index (κ1) is 22.6. The maximum Gasteiger partial charge on any atom is 0.0648 e. The first-order valence-corrected chi connectivity index (χ1v) is 13.6. The standard InChI is InChI=1S/C29H48O/c1-3-21-30-29-19-17-28(18-20-29)27-15-13-26(14-16-27)25-11-9-24(10-12-25)23-7-5-22(4-2)6-8-23/h3-4,22-29H,1-2,5-21H2. The van der Waals surface area contributed by atoms with E-state index >= 15 is 0 Å². The molecule has 0 radical (unpaired) electrons. The Labute approximate surface area is 187 Å². The van der Waals surface area contributed by atoms with Crippen molar-refractivity contribution in [2.75, 3.05) is 6.61 Å². The minimum atomic E-state index is 0.512. The predicted octanol–water partition coefficient (Wildman–Crippen LogP) is 8.35. The normalized spacial score (nSPS) is 43.1. The van der Waals surface area contributed by atoms with E-state index in [2.05, 4.69) is 19.2 Å². The molecule has 0 aromatic rings. The fraction of sp³-hybridized carbons (Fsp3) is 0.862. The Morgan fingerprint density at radius 3 is 1.17 bits per heavy atom. The van der Waals surface area contributed by atoms with Crippen LogP contribution in [0.2, 0.25) is 0 Å². The largest absolute Gasteiger partial charge is 0.374 e. The molecule has 0 unspecified atom stereocenters. The molecule has 4 fully saturated rings. The van der Waals surface area contributed by atoms with E-state index in [-0.39, 0.29) is 0 Å². The molecule has 4 aliphatic rings. The summed E-state index contributed by atoms with van der Waals surface area (Å²) in [7, 11) is 0. The zero-order valence-corrected chi connectivity index (χ0v) is 19.6. The lowest BCUT2D eigenvalue weighted by Crippen LogP contribution is -2.32. The van der Waals surface area contributed by atoms with E-state index < -0.39 is 0 Å². The minimum absolute atomic E-state index is 0.512. The molecule has 0 bridgehead atoms. The van der Waals surface area contributed by atoms with Crippen LogP contribution >= 0.6 is 0 Å². The Bertz CT molecular complexity index is 506. The van der Waals surface area contributed by atoms with E-state index in [1.165, 1.54) is 77.0 Å². The van der Waals surface area contributed by atoms with Crippen LogP contribution in [-0.4, -0.2) is 12.7 Å². The average molecular weight is 413 g/mol. The first-order valence-electron chi connectivity index (χ1n) is 13.6. The Balaban J connectivity index is 1.14. The summed E-state index contributed by atoms with van der Waals surface area (Å²) < 4.78 is 5.91. The highest BCUT2D eigenvalue weighted by Gasteiger charge is 2.36. The zero-order chi connectivity index (χ0) is 20.8. The molecule has 30 heavy (non-hydrogen) atoms. The van der Waals surface area contributed by atoms with Gasteiger partial charge in [0.1, 0.15) is 0 Å². The van der Waals surface area contributed by atoms with Crippen LogP contribution in [0.4, 0.5) is 0 Å². The van der Waals surface area contributed by atoms with Gasteiger partial charge in [0.2, 0.25) is 0 Å². The minimum Gasteiger partial charge on any atom is -0.374 e. The molecule has 0 amide bonds. The van der Waals surface area contributed by atoms with E-state index in [0.29, 0.717) is 6.10 Å². The van der Waals surface area contributed by atoms with Gasteiger partial charge in [0, 0.05) is 0 Å². The highest BCUT2D eigenvalue weighted by molar-refractivity contribution is 4.90. The number of rotatable bonds is 7. The van der Waals surface area contributed by atoms with Crippen molar-refractivity contribution in [3.8, 4) is 0 Å². The molecule has 0 saturated heterocycles. The van der Waals surface area contributed by atoms with Gasteiger partial charge >= 0.3 is 0 Å². The van der Waals surface area contributed by atoms with Gasteiger partial charge in [-0.2, -0.15) is 0 Å². The van der Waals surface area contributed by atoms with Crippen molar-refractivity contribution < 1.29 is 4.74 Å². The first-order chi connectivity index (χ1) is 14.8. The Morgan fingerprint density at radius 1 is 0.500 bits per heavy atom. The van der Waals surface area contributed by atoms with Crippen LogP contribution in [0, 0.1) is 41.4 Å². The Morgan fingerprint density at radius 2 is 0.833 bits per heavy atom. The molecule has 0 aliphatic heterocycles. The topological polar surface area (TPSA) is 9.23 Å². The van der Waals surface area contributed by atoms with Gasteiger partial charge in [0.05, 0.1) is 12.7 Å². The van der Waals surface area contributed by atoms with Crippen LogP contribution in [0.1, 0.15) is 103 Å². The third-order valence-corrected chi connectivity index (χ3v) is 9.95. The molecule has 0 N–H and O–H groups in total. The molecule has 0 spiro atoms. The molecular weight excluding hydrogens is 364 g/mol. The molecule has 4 saturated carbocycles. The van der Waals surface area contributed by atoms with Crippen LogP contribution in [0.25, 0.3) is 0 Å². The van der Waals surface area contributed by atoms with Crippen LogP contribution in [-0.2, 0) is 4.74 Å². The van der Waals surface area contributed by atoms with Gasteiger partial charge in [-0.05, 0) is 144 Å². The lowest BCUT2D eigenvalue weighted by Gasteiger charge is -2.43. The van der Waals surface area contributed by atoms with E-state index in [1.54, 1.807) is 25.7 Å². The Kier molecular flexibility index (Phi) is 8.56. The second-order valence-corrected chi connectivity index (χ2v) is 11.4. The van der Waals surface area contributed by atoms with Crippen molar-refractivity contribution in [2.45, 2.75) is 109 Å². The lowest BCUT2D eigenvalue weighted by atomic mass is 9.63. The average Bonchev–Trinajstić information content (AvgIpc) is 2.83. The summed E-state index contributed by atoms with van der Waals surface area (Å²) in [4.78, 5) is 0. The third kappa shape index (κ3) is 5.81. The van der Waals surface area contributed by atoms with Gasteiger partial charge in [-0.15, -0.1) is 13.2 Å². The molecular formula is C29H48O. The highest BCUT2D eigenvalue weighted by Crippen LogP contribution is 2.48. The summed E-state index contributed by atoms with van der Waals surface area (Å²) in [6.45, 7) is 8.54. The molecule has 1 nitrogen and oxygen atoms in total. The van der Waals surface area contributed by atoms with E-state index in [1.807, 2.05) is 6.08 Å². The SMILES string of the molecule is C=CCOC1CCC(C2CCC(C3CCC(C4CCC(C=C)CC4)CC3)CC2)CC1. The highest BCUT2D eigenvalue weighted by atomic mass is 16.5. The summed E-state index contributed by atoms with van der Waals surface area (Å²) in [5.41, 5.74) is 0. The number of hydrogen-bond acceptors (Lipinski definition) is 1. The molecule has 4 aliphatic carbocycles. The van der Waals surface area contributed by atoms with Gasteiger partial charge in [0.15, 0.2) is 0 Å². The van der Waals surface area contributed by atoms with Crippen molar-refractivity contribution in [2.24, 2.45) is 41.4 Å². The summed E-state index contributed by atoms with van der Waals surface area (Å²) in [5, 5.41) is 0. The second kappa shape index (κ2) is 11.3. The van der Waals surface area contributed by atoms with Crippen LogP contribution in [0.3, 0.4) is 0 Å². The maximum atomic E-state index is 5.91. The fourth-order valence-corrected chi connectivity index (χ4v) is 7.96. The van der Waals surface area contributed by atoms with Crippen LogP contribution in [0.15, 0.2) is 25.3 Å². The van der Waals surface area contributed by atoms with Gasteiger partial charge in [-0.1, -0.05) is 12.2 Å². The summed E-state index contributed by atoms with van der Waals surface area (Å²) in [6.07, 6.45) is 28.1. The molecule has 4 rings (SSSR count). The fourth-order valence-electron chi connectivity index (χ4n) is 7.96. The summed E-state index contributed by atoms with van der Waals surface area (Å²) in [5.74, 6) is 7.07. The maximum absolute atomic E-state index is 5.91. The van der Waals surface area contributed by atoms with E-state index in [0.717, 1.165) is 48.0 Å². The van der Waals surface area contributed by atoms with Gasteiger partial charge in [-0.25, -0.2) is 0 Å². The van der Waals surface area contributed by atoms with Gasteiger partial charge in [-0.3, -0.25) is 0 Å². The molecule has 0 heterocycles. The lowest BCUT2D eigenvalue weighted by molar-refractivity contribution is 0.0183.